The van der Waals surface area contributed by atoms with Crippen molar-refractivity contribution < 1.29 is 14.7 Å². The van der Waals surface area contributed by atoms with Gasteiger partial charge in [-0.1, -0.05) is 13.0 Å². The molecule has 98 valence electrons. The fraction of sp³-hybridized carbons (Fsp3) is 0.333. The molecular weight excluding hydrogens is 300 g/mol. The van der Waals surface area contributed by atoms with Crippen molar-refractivity contribution in [2.24, 2.45) is 0 Å². The van der Waals surface area contributed by atoms with E-state index in [1.165, 1.54) is 0 Å². The van der Waals surface area contributed by atoms with Gasteiger partial charge in [0.05, 0.1) is 5.69 Å². The number of halogens is 1. The quantitative estimate of drug-likeness (QED) is 0.799. The molecule has 1 aromatic rings. The molecule has 3 N–H and O–H groups in total. The first-order chi connectivity index (χ1) is 8.43. The summed E-state index contributed by atoms with van der Waals surface area (Å²) in [4.78, 5) is 22.4. The Balaban J connectivity index is 2.70. The van der Waals surface area contributed by atoms with Gasteiger partial charge in [0, 0.05) is 4.47 Å². The molecule has 1 aromatic carbocycles. The Bertz CT molecular complexity index is 463. The van der Waals surface area contributed by atoms with Crippen LogP contribution in [0.5, 0.6) is 0 Å². The number of carboxylic acid groups (broad SMARTS) is 1. The maximum absolute atomic E-state index is 11.6. The number of hydrogen-bond donors (Lipinski definition) is 3. The van der Waals surface area contributed by atoms with Crippen LogP contribution in [0.3, 0.4) is 0 Å². The van der Waals surface area contributed by atoms with Crippen molar-refractivity contribution in [2.45, 2.75) is 26.3 Å². The van der Waals surface area contributed by atoms with Gasteiger partial charge in [0.25, 0.3) is 0 Å². The van der Waals surface area contributed by atoms with Gasteiger partial charge in [-0.15, -0.1) is 0 Å². The van der Waals surface area contributed by atoms with Crippen LogP contribution in [0.1, 0.15) is 18.9 Å². The number of carbonyl (C=O) groups excluding carboxylic acids is 1. The van der Waals surface area contributed by atoms with E-state index < -0.39 is 18.0 Å². The molecule has 6 heteroatoms. The zero-order valence-corrected chi connectivity index (χ0v) is 11.7. The summed E-state index contributed by atoms with van der Waals surface area (Å²) in [5.41, 5.74) is 1.60. The smallest absolute Gasteiger partial charge is 0.326 e. The topological polar surface area (TPSA) is 78.4 Å². The van der Waals surface area contributed by atoms with E-state index in [-0.39, 0.29) is 0 Å². The summed E-state index contributed by atoms with van der Waals surface area (Å²) in [6, 6.07) is 4.11. The average Bonchev–Trinajstić information content (AvgIpc) is 2.30. The van der Waals surface area contributed by atoms with Crippen molar-refractivity contribution in [3.8, 4) is 0 Å². The molecule has 0 radical (unpaired) electrons. The summed E-state index contributed by atoms with van der Waals surface area (Å²) >= 11 is 3.31. The fourth-order valence-electron chi connectivity index (χ4n) is 1.39. The van der Waals surface area contributed by atoms with Crippen LogP contribution in [0, 0.1) is 6.92 Å². The summed E-state index contributed by atoms with van der Waals surface area (Å²) in [6.45, 7) is 3.60. The van der Waals surface area contributed by atoms with Gasteiger partial charge in [0.15, 0.2) is 0 Å². The number of hydrogen-bond acceptors (Lipinski definition) is 2. The highest BCUT2D eigenvalue weighted by molar-refractivity contribution is 9.10. The van der Waals surface area contributed by atoms with Crippen molar-refractivity contribution in [1.29, 1.82) is 0 Å². The summed E-state index contributed by atoms with van der Waals surface area (Å²) < 4.78 is 0.742. The predicted octanol–water partition coefficient (Wildman–Crippen LogP) is 2.74. The number of amides is 2. The van der Waals surface area contributed by atoms with E-state index in [1.807, 2.05) is 19.1 Å². The van der Waals surface area contributed by atoms with Gasteiger partial charge >= 0.3 is 12.0 Å². The molecule has 18 heavy (non-hydrogen) atoms. The third kappa shape index (κ3) is 4.03. The molecule has 0 aliphatic rings. The lowest BCUT2D eigenvalue weighted by Gasteiger charge is -2.14. The largest absolute Gasteiger partial charge is 0.480 e. The second-order valence-corrected chi connectivity index (χ2v) is 4.74. The van der Waals surface area contributed by atoms with E-state index in [1.54, 1.807) is 13.0 Å². The van der Waals surface area contributed by atoms with Crippen molar-refractivity contribution in [3.63, 3.8) is 0 Å². The Morgan fingerprint density at radius 1 is 1.44 bits per heavy atom. The van der Waals surface area contributed by atoms with Crippen molar-refractivity contribution >= 4 is 33.6 Å². The first-order valence-corrected chi connectivity index (χ1v) is 6.29. The lowest BCUT2D eigenvalue weighted by atomic mass is 10.2. The Kier molecular flexibility index (Phi) is 5.15. The molecule has 0 saturated carbocycles. The second-order valence-electron chi connectivity index (χ2n) is 3.88. The summed E-state index contributed by atoms with van der Waals surface area (Å²) in [7, 11) is 0. The molecule has 0 aromatic heterocycles. The van der Waals surface area contributed by atoms with E-state index in [9.17, 15) is 9.59 Å². The molecule has 0 fully saturated rings. The fourth-order valence-corrected chi connectivity index (χ4v) is 1.74. The van der Waals surface area contributed by atoms with Gasteiger partial charge in [-0.3, -0.25) is 0 Å². The number of rotatable bonds is 4. The van der Waals surface area contributed by atoms with Gasteiger partial charge in [-0.05, 0) is 47.0 Å². The van der Waals surface area contributed by atoms with E-state index in [4.69, 9.17) is 5.11 Å². The average molecular weight is 315 g/mol. The van der Waals surface area contributed by atoms with E-state index >= 15 is 0 Å². The minimum atomic E-state index is -1.05. The predicted molar refractivity (Wildman–Crippen MR) is 72.7 cm³/mol. The monoisotopic (exact) mass is 314 g/mol. The molecule has 1 rings (SSSR count). The molecule has 1 unspecified atom stereocenters. The first kappa shape index (κ1) is 14.5. The lowest BCUT2D eigenvalue weighted by Crippen LogP contribution is -2.42. The number of urea groups is 1. The molecule has 0 bridgehead atoms. The van der Waals surface area contributed by atoms with Gasteiger partial charge in [-0.25, -0.2) is 9.59 Å². The van der Waals surface area contributed by atoms with Crippen LogP contribution in [0.25, 0.3) is 0 Å². The lowest BCUT2D eigenvalue weighted by molar-refractivity contribution is -0.139. The van der Waals surface area contributed by atoms with Gasteiger partial charge in [0.2, 0.25) is 0 Å². The molecule has 0 aliphatic carbocycles. The highest BCUT2D eigenvalue weighted by Gasteiger charge is 2.17. The molecule has 2 amide bonds. The van der Waals surface area contributed by atoms with Gasteiger partial charge < -0.3 is 15.7 Å². The molecular formula is C12H15BrN2O3. The van der Waals surface area contributed by atoms with Crippen LogP contribution in [-0.2, 0) is 4.79 Å². The normalized spacial score (nSPS) is 11.7. The van der Waals surface area contributed by atoms with Crippen molar-refractivity contribution in [2.75, 3.05) is 5.32 Å². The first-order valence-electron chi connectivity index (χ1n) is 5.50. The molecule has 0 spiro atoms. The van der Waals surface area contributed by atoms with Gasteiger partial charge in [-0.2, -0.15) is 0 Å². The number of anilines is 1. The minimum absolute atomic E-state index is 0.331. The van der Waals surface area contributed by atoms with Crippen LogP contribution in [0.2, 0.25) is 0 Å². The molecule has 0 heterocycles. The Morgan fingerprint density at radius 2 is 2.11 bits per heavy atom. The second kappa shape index (κ2) is 6.39. The third-order valence-corrected chi connectivity index (χ3v) is 3.07. The zero-order valence-electron chi connectivity index (χ0n) is 10.2. The highest BCUT2D eigenvalue weighted by atomic mass is 79.9. The molecule has 0 aliphatic heterocycles. The Labute approximate surface area is 114 Å². The minimum Gasteiger partial charge on any atom is -0.480 e. The summed E-state index contributed by atoms with van der Waals surface area (Å²) in [6.07, 6.45) is 0.331. The SMILES string of the molecule is CCC(NC(=O)Nc1cc(C)ccc1Br)C(=O)O. The highest BCUT2D eigenvalue weighted by Crippen LogP contribution is 2.23. The van der Waals surface area contributed by atoms with Crippen LogP contribution in [0.15, 0.2) is 22.7 Å². The number of aliphatic carboxylic acids is 1. The van der Waals surface area contributed by atoms with Crippen LogP contribution >= 0.6 is 15.9 Å². The van der Waals surface area contributed by atoms with E-state index in [0.29, 0.717) is 12.1 Å². The Hall–Kier alpha value is -1.56. The number of aryl methyl sites for hydroxylation is 1. The van der Waals surface area contributed by atoms with Gasteiger partial charge in [0.1, 0.15) is 6.04 Å². The number of nitrogens with one attached hydrogen (secondary N) is 2. The zero-order chi connectivity index (χ0) is 13.7. The van der Waals surface area contributed by atoms with Crippen molar-refractivity contribution in [3.05, 3.63) is 28.2 Å². The molecule has 5 nitrogen and oxygen atoms in total. The maximum Gasteiger partial charge on any atom is 0.326 e. The number of carboxylic acids is 1. The van der Waals surface area contributed by atoms with Crippen molar-refractivity contribution in [1.82, 2.24) is 5.32 Å². The van der Waals surface area contributed by atoms with E-state index in [2.05, 4.69) is 26.6 Å². The van der Waals surface area contributed by atoms with Crippen LogP contribution in [0.4, 0.5) is 10.5 Å². The Morgan fingerprint density at radius 3 is 2.67 bits per heavy atom. The summed E-state index contributed by atoms with van der Waals surface area (Å²) in [5.74, 6) is -1.05. The maximum atomic E-state index is 11.6. The van der Waals surface area contributed by atoms with Crippen LogP contribution in [-0.4, -0.2) is 23.1 Å². The van der Waals surface area contributed by atoms with Crippen LogP contribution < -0.4 is 10.6 Å². The van der Waals surface area contributed by atoms with E-state index in [0.717, 1.165) is 10.0 Å². The number of carbonyl (C=O) groups is 2. The molecule has 0 saturated heterocycles. The molecule has 1 atom stereocenters. The number of benzene rings is 1. The third-order valence-electron chi connectivity index (χ3n) is 2.38. The summed E-state index contributed by atoms with van der Waals surface area (Å²) in [5, 5.41) is 13.8. The standard InChI is InChI=1S/C12H15BrN2O3/c1-3-9(11(16)17)14-12(18)15-10-6-7(2)4-5-8(10)13/h4-6,9H,3H2,1-2H3,(H,16,17)(H2,14,15,18).